The third kappa shape index (κ3) is 3.47. The summed E-state index contributed by atoms with van der Waals surface area (Å²) in [4.78, 5) is 0. The standard InChI is InChI=1S/C17H32N/c1-8-18(6,7)15(3)11-12-16-14(2)10-9-13-17(16,4)5/h10-12,15-16H,8-9,13H2,1-7H3/q+1. The minimum atomic E-state index is 0.415. The van der Waals surface area contributed by atoms with Gasteiger partial charge in [-0.05, 0) is 45.1 Å². The molecule has 0 radical (unpaired) electrons. The zero-order chi connectivity index (χ0) is 14.0. The lowest BCUT2D eigenvalue weighted by Gasteiger charge is -2.38. The second-order valence-corrected chi connectivity index (χ2v) is 7.17. The van der Waals surface area contributed by atoms with Crippen LogP contribution in [-0.4, -0.2) is 31.2 Å². The molecule has 2 atom stereocenters. The van der Waals surface area contributed by atoms with Gasteiger partial charge in [-0.15, -0.1) is 0 Å². The number of nitrogens with zero attached hydrogens (tertiary/aromatic N) is 1. The smallest absolute Gasteiger partial charge is 0.104 e. The van der Waals surface area contributed by atoms with Gasteiger partial charge in [0.25, 0.3) is 0 Å². The van der Waals surface area contributed by atoms with Crippen molar-refractivity contribution in [3.05, 3.63) is 23.8 Å². The van der Waals surface area contributed by atoms with Gasteiger partial charge in [0.2, 0.25) is 0 Å². The zero-order valence-corrected chi connectivity index (χ0v) is 13.5. The topological polar surface area (TPSA) is 0 Å². The molecule has 0 aromatic heterocycles. The van der Waals surface area contributed by atoms with Crippen LogP contribution < -0.4 is 0 Å². The van der Waals surface area contributed by atoms with Gasteiger partial charge in [0, 0.05) is 5.92 Å². The summed E-state index contributed by atoms with van der Waals surface area (Å²) >= 11 is 0. The van der Waals surface area contributed by atoms with Crippen LogP contribution in [0.3, 0.4) is 0 Å². The highest BCUT2D eigenvalue weighted by atomic mass is 15.3. The average molecular weight is 250 g/mol. The molecule has 2 unspecified atom stereocenters. The first-order valence-corrected chi connectivity index (χ1v) is 7.38. The molecule has 0 aromatic rings. The van der Waals surface area contributed by atoms with Gasteiger partial charge in [0.05, 0.1) is 20.6 Å². The summed E-state index contributed by atoms with van der Waals surface area (Å²) in [5.41, 5.74) is 1.97. The maximum atomic E-state index is 2.46. The molecular formula is C17H32N+. The van der Waals surface area contributed by atoms with E-state index in [1.807, 2.05) is 0 Å². The molecule has 0 aliphatic heterocycles. The highest BCUT2D eigenvalue weighted by Crippen LogP contribution is 2.41. The van der Waals surface area contributed by atoms with Crippen LogP contribution in [0.2, 0.25) is 0 Å². The van der Waals surface area contributed by atoms with E-state index >= 15 is 0 Å². The highest BCUT2D eigenvalue weighted by molar-refractivity contribution is 5.19. The van der Waals surface area contributed by atoms with Crippen molar-refractivity contribution in [3.63, 3.8) is 0 Å². The van der Waals surface area contributed by atoms with E-state index in [0.29, 0.717) is 17.4 Å². The van der Waals surface area contributed by atoms with Gasteiger partial charge in [-0.1, -0.05) is 31.6 Å². The monoisotopic (exact) mass is 250 g/mol. The summed E-state index contributed by atoms with van der Waals surface area (Å²) in [6.07, 6.45) is 9.86. The molecule has 1 aliphatic rings. The predicted molar refractivity (Wildman–Crippen MR) is 81.5 cm³/mol. The van der Waals surface area contributed by atoms with E-state index in [9.17, 15) is 0 Å². The second kappa shape index (κ2) is 5.61. The Hall–Kier alpha value is -0.560. The number of likely N-dealkylation sites (N-methyl/N-ethyl adjacent to an activating group) is 1. The van der Waals surface area contributed by atoms with Crippen molar-refractivity contribution in [1.29, 1.82) is 0 Å². The van der Waals surface area contributed by atoms with Crippen LogP contribution in [0.25, 0.3) is 0 Å². The largest absolute Gasteiger partial charge is 0.323 e. The zero-order valence-electron chi connectivity index (χ0n) is 13.5. The predicted octanol–water partition coefficient (Wildman–Crippen LogP) is 4.41. The summed E-state index contributed by atoms with van der Waals surface area (Å²) in [6.45, 7) is 12.9. The van der Waals surface area contributed by atoms with E-state index in [1.165, 1.54) is 19.4 Å². The average Bonchev–Trinajstić information content (AvgIpc) is 2.27. The van der Waals surface area contributed by atoms with Crippen LogP contribution >= 0.6 is 0 Å². The summed E-state index contributed by atoms with van der Waals surface area (Å²) in [7, 11) is 4.62. The Bertz CT molecular complexity index is 334. The minimum absolute atomic E-state index is 0.415. The number of rotatable bonds is 4. The molecule has 0 saturated heterocycles. The molecule has 104 valence electrons. The van der Waals surface area contributed by atoms with Crippen LogP contribution in [-0.2, 0) is 0 Å². The molecule has 0 bridgehead atoms. The number of hydrogen-bond acceptors (Lipinski definition) is 0. The Morgan fingerprint density at radius 3 is 2.56 bits per heavy atom. The maximum absolute atomic E-state index is 2.46. The molecule has 1 rings (SSSR count). The van der Waals surface area contributed by atoms with Crippen molar-refractivity contribution in [3.8, 4) is 0 Å². The second-order valence-electron chi connectivity index (χ2n) is 7.17. The minimum Gasteiger partial charge on any atom is -0.323 e. The first-order valence-electron chi connectivity index (χ1n) is 7.38. The van der Waals surface area contributed by atoms with Crippen molar-refractivity contribution in [2.24, 2.45) is 11.3 Å². The molecular weight excluding hydrogens is 218 g/mol. The summed E-state index contributed by atoms with van der Waals surface area (Å²) < 4.78 is 1.06. The fraction of sp³-hybridized carbons (Fsp3) is 0.765. The van der Waals surface area contributed by atoms with Gasteiger partial charge in [-0.25, -0.2) is 0 Å². The van der Waals surface area contributed by atoms with Gasteiger partial charge in [-0.3, -0.25) is 0 Å². The molecule has 18 heavy (non-hydrogen) atoms. The van der Waals surface area contributed by atoms with Crippen LogP contribution in [0.5, 0.6) is 0 Å². The van der Waals surface area contributed by atoms with Crippen molar-refractivity contribution in [2.75, 3.05) is 20.6 Å². The van der Waals surface area contributed by atoms with E-state index in [0.717, 1.165) is 4.48 Å². The summed E-state index contributed by atoms with van der Waals surface area (Å²) in [5, 5.41) is 0. The molecule has 0 N–H and O–H groups in total. The van der Waals surface area contributed by atoms with Gasteiger partial charge >= 0.3 is 0 Å². The van der Waals surface area contributed by atoms with E-state index < -0.39 is 0 Å². The summed E-state index contributed by atoms with van der Waals surface area (Å²) in [5.74, 6) is 0.616. The first-order chi connectivity index (χ1) is 8.20. The van der Waals surface area contributed by atoms with E-state index in [2.05, 4.69) is 66.9 Å². The third-order valence-electron chi connectivity index (χ3n) is 5.09. The fourth-order valence-electron chi connectivity index (χ4n) is 2.78. The lowest BCUT2D eigenvalue weighted by molar-refractivity contribution is -0.904. The van der Waals surface area contributed by atoms with Crippen LogP contribution in [0.15, 0.2) is 23.8 Å². The molecule has 0 amide bonds. The lowest BCUT2D eigenvalue weighted by atomic mass is 9.68. The van der Waals surface area contributed by atoms with E-state index in [-0.39, 0.29) is 0 Å². The van der Waals surface area contributed by atoms with Crippen LogP contribution in [0.4, 0.5) is 0 Å². The Balaban J connectivity index is 2.82. The van der Waals surface area contributed by atoms with Crippen molar-refractivity contribution in [1.82, 2.24) is 0 Å². The van der Waals surface area contributed by atoms with Crippen molar-refractivity contribution < 1.29 is 4.48 Å². The van der Waals surface area contributed by atoms with E-state index in [1.54, 1.807) is 5.57 Å². The number of hydrogen-bond donors (Lipinski definition) is 0. The van der Waals surface area contributed by atoms with Crippen LogP contribution in [0, 0.1) is 11.3 Å². The lowest BCUT2D eigenvalue weighted by Crippen LogP contribution is -2.46. The first kappa shape index (κ1) is 15.5. The Kier molecular flexibility index (Phi) is 4.83. The SMILES string of the molecule is CC[N+](C)(C)C(C)C=CC1C(C)=CCCC1(C)C. The van der Waals surface area contributed by atoms with E-state index in [4.69, 9.17) is 0 Å². The molecule has 1 heteroatoms. The summed E-state index contributed by atoms with van der Waals surface area (Å²) in [6, 6.07) is 0.584. The highest BCUT2D eigenvalue weighted by Gasteiger charge is 2.31. The normalized spacial score (nSPS) is 26.2. The molecule has 0 heterocycles. The Labute approximate surface area is 114 Å². The Morgan fingerprint density at radius 2 is 2.06 bits per heavy atom. The number of allylic oxidation sites excluding steroid dienone is 3. The third-order valence-corrected chi connectivity index (χ3v) is 5.09. The Morgan fingerprint density at radius 1 is 1.44 bits per heavy atom. The van der Waals surface area contributed by atoms with Crippen molar-refractivity contribution >= 4 is 0 Å². The van der Waals surface area contributed by atoms with Gasteiger partial charge in [-0.2, -0.15) is 0 Å². The molecule has 0 spiro atoms. The van der Waals surface area contributed by atoms with Gasteiger partial charge < -0.3 is 4.48 Å². The number of quaternary nitrogens is 1. The van der Waals surface area contributed by atoms with Gasteiger partial charge in [0.1, 0.15) is 6.04 Å². The molecule has 0 aromatic carbocycles. The molecule has 1 nitrogen and oxygen atoms in total. The van der Waals surface area contributed by atoms with Gasteiger partial charge in [0.15, 0.2) is 0 Å². The quantitative estimate of drug-likeness (QED) is 0.512. The molecule has 1 aliphatic carbocycles. The van der Waals surface area contributed by atoms with Crippen molar-refractivity contribution in [2.45, 2.75) is 53.5 Å². The molecule has 0 saturated carbocycles. The van der Waals surface area contributed by atoms with Crippen LogP contribution in [0.1, 0.15) is 47.5 Å². The maximum Gasteiger partial charge on any atom is 0.104 e. The molecule has 0 fully saturated rings. The fourth-order valence-corrected chi connectivity index (χ4v) is 2.78.